The van der Waals surface area contributed by atoms with E-state index in [9.17, 15) is 4.79 Å². The number of nitrogens with zero attached hydrogens (tertiary/aromatic N) is 2. The number of amides is 1. The molecule has 0 radical (unpaired) electrons. The zero-order valence-corrected chi connectivity index (χ0v) is 10.8. The van der Waals surface area contributed by atoms with Gasteiger partial charge in [-0.3, -0.25) is 4.79 Å². The van der Waals surface area contributed by atoms with Crippen LogP contribution < -0.4 is 5.43 Å². The van der Waals surface area contributed by atoms with Crippen molar-refractivity contribution < 1.29 is 4.79 Å². The van der Waals surface area contributed by atoms with E-state index in [1.165, 1.54) is 0 Å². The minimum atomic E-state index is -0.166. The Bertz CT molecular complexity index is 640. The van der Waals surface area contributed by atoms with Crippen molar-refractivity contribution in [1.29, 1.82) is 5.26 Å². The Morgan fingerprint density at radius 2 is 1.85 bits per heavy atom. The quantitative estimate of drug-likeness (QED) is 0.679. The number of nitriles is 1. The summed E-state index contributed by atoms with van der Waals surface area (Å²) in [4.78, 5) is 11.6. The molecule has 0 bridgehead atoms. The van der Waals surface area contributed by atoms with Crippen molar-refractivity contribution in [1.82, 2.24) is 5.43 Å². The van der Waals surface area contributed by atoms with Crippen molar-refractivity contribution in [3.05, 3.63) is 71.3 Å². The molecule has 2 aromatic carbocycles. The van der Waals surface area contributed by atoms with Crippen LogP contribution in [0.1, 0.15) is 16.7 Å². The van der Waals surface area contributed by atoms with Crippen molar-refractivity contribution in [3.63, 3.8) is 0 Å². The SMILES string of the molecule is N#Cc1ccc(/C=N/NC(=O)Cc2ccccc2)cc1. The van der Waals surface area contributed by atoms with Gasteiger partial charge in [-0.2, -0.15) is 10.4 Å². The fourth-order valence-electron chi connectivity index (χ4n) is 1.64. The zero-order chi connectivity index (χ0) is 14.2. The van der Waals surface area contributed by atoms with E-state index in [4.69, 9.17) is 5.26 Å². The van der Waals surface area contributed by atoms with E-state index in [-0.39, 0.29) is 5.91 Å². The number of carbonyl (C=O) groups excluding carboxylic acids is 1. The lowest BCUT2D eigenvalue weighted by Gasteiger charge is -1.99. The van der Waals surface area contributed by atoms with Crippen LogP contribution >= 0.6 is 0 Å². The van der Waals surface area contributed by atoms with E-state index in [0.29, 0.717) is 12.0 Å². The van der Waals surface area contributed by atoms with Crippen LogP contribution in [-0.2, 0) is 11.2 Å². The van der Waals surface area contributed by atoms with Gasteiger partial charge in [0.15, 0.2) is 0 Å². The number of hydrazone groups is 1. The molecule has 4 heteroatoms. The molecule has 2 rings (SSSR count). The first-order chi connectivity index (χ1) is 9.78. The summed E-state index contributed by atoms with van der Waals surface area (Å²) in [5, 5.41) is 12.6. The molecule has 0 aliphatic rings. The van der Waals surface area contributed by atoms with E-state index in [1.54, 1.807) is 30.5 Å². The van der Waals surface area contributed by atoms with E-state index in [1.807, 2.05) is 36.4 Å². The van der Waals surface area contributed by atoms with Crippen LogP contribution in [0.3, 0.4) is 0 Å². The van der Waals surface area contributed by atoms with Crippen LogP contribution in [0.25, 0.3) is 0 Å². The molecule has 0 atom stereocenters. The molecule has 1 N–H and O–H groups in total. The summed E-state index contributed by atoms with van der Waals surface area (Å²) < 4.78 is 0. The van der Waals surface area contributed by atoms with Crippen molar-refractivity contribution in [3.8, 4) is 6.07 Å². The standard InChI is InChI=1S/C16H13N3O/c17-11-14-6-8-15(9-7-14)12-18-19-16(20)10-13-4-2-1-3-5-13/h1-9,12H,10H2,(H,19,20)/b18-12+. The molecule has 0 fully saturated rings. The Balaban J connectivity index is 1.86. The highest BCUT2D eigenvalue weighted by atomic mass is 16.2. The molecule has 0 unspecified atom stereocenters. The maximum atomic E-state index is 11.6. The normalized spacial score (nSPS) is 10.2. The molecule has 0 aromatic heterocycles. The van der Waals surface area contributed by atoms with Gasteiger partial charge < -0.3 is 0 Å². The predicted molar refractivity (Wildman–Crippen MR) is 77.0 cm³/mol. The second-order valence-electron chi connectivity index (χ2n) is 4.19. The highest BCUT2D eigenvalue weighted by Gasteiger charge is 2.00. The predicted octanol–water partition coefficient (Wildman–Crippen LogP) is 2.25. The topological polar surface area (TPSA) is 65.2 Å². The Morgan fingerprint density at radius 1 is 1.15 bits per heavy atom. The van der Waals surface area contributed by atoms with Gasteiger partial charge in [0.25, 0.3) is 0 Å². The summed E-state index contributed by atoms with van der Waals surface area (Å²) in [6.45, 7) is 0. The van der Waals surface area contributed by atoms with E-state index >= 15 is 0 Å². The molecule has 98 valence electrons. The van der Waals surface area contributed by atoms with Crippen LogP contribution in [0.15, 0.2) is 59.7 Å². The van der Waals surface area contributed by atoms with Crippen LogP contribution in [0.4, 0.5) is 0 Å². The first kappa shape index (κ1) is 13.5. The van der Waals surface area contributed by atoms with Crippen molar-refractivity contribution in [2.24, 2.45) is 5.10 Å². The van der Waals surface area contributed by atoms with Gasteiger partial charge in [-0.05, 0) is 23.3 Å². The highest BCUT2D eigenvalue weighted by Crippen LogP contribution is 2.01. The Hall–Kier alpha value is -2.93. The van der Waals surface area contributed by atoms with Crippen molar-refractivity contribution in [2.45, 2.75) is 6.42 Å². The number of hydrogen-bond donors (Lipinski definition) is 1. The van der Waals surface area contributed by atoms with Crippen LogP contribution in [0.2, 0.25) is 0 Å². The summed E-state index contributed by atoms with van der Waals surface area (Å²) >= 11 is 0. The molecule has 0 saturated carbocycles. The lowest BCUT2D eigenvalue weighted by molar-refractivity contribution is -0.120. The van der Waals surface area contributed by atoms with Gasteiger partial charge in [0, 0.05) is 0 Å². The lowest BCUT2D eigenvalue weighted by Crippen LogP contribution is -2.19. The molecule has 2 aromatic rings. The van der Waals surface area contributed by atoms with Gasteiger partial charge in [-0.1, -0.05) is 42.5 Å². The molecular formula is C16H13N3O. The van der Waals surface area contributed by atoms with E-state index in [2.05, 4.69) is 10.5 Å². The van der Waals surface area contributed by atoms with Crippen LogP contribution in [-0.4, -0.2) is 12.1 Å². The second kappa shape index (κ2) is 6.86. The average Bonchev–Trinajstić information content (AvgIpc) is 2.49. The lowest BCUT2D eigenvalue weighted by atomic mass is 10.1. The third kappa shape index (κ3) is 4.07. The molecule has 1 amide bonds. The summed E-state index contributed by atoms with van der Waals surface area (Å²) in [6.07, 6.45) is 1.84. The minimum Gasteiger partial charge on any atom is -0.273 e. The average molecular weight is 263 g/mol. The third-order valence-electron chi connectivity index (χ3n) is 2.65. The maximum absolute atomic E-state index is 11.6. The minimum absolute atomic E-state index is 0.166. The Kier molecular flexibility index (Phi) is 4.63. The Labute approximate surface area is 117 Å². The summed E-state index contributed by atoms with van der Waals surface area (Å²) in [7, 11) is 0. The fraction of sp³-hybridized carbons (Fsp3) is 0.0625. The van der Waals surface area contributed by atoms with E-state index < -0.39 is 0 Å². The van der Waals surface area contributed by atoms with Crippen LogP contribution in [0.5, 0.6) is 0 Å². The molecule has 0 spiro atoms. The molecule has 0 saturated heterocycles. The first-order valence-electron chi connectivity index (χ1n) is 6.14. The number of hydrogen-bond acceptors (Lipinski definition) is 3. The molecule has 0 heterocycles. The fourth-order valence-corrected chi connectivity index (χ4v) is 1.64. The van der Waals surface area contributed by atoms with Gasteiger partial charge in [0.05, 0.1) is 24.3 Å². The number of rotatable bonds is 4. The maximum Gasteiger partial charge on any atom is 0.244 e. The second-order valence-corrected chi connectivity index (χ2v) is 4.19. The molecule has 0 aliphatic heterocycles. The number of benzene rings is 2. The molecular weight excluding hydrogens is 250 g/mol. The van der Waals surface area contributed by atoms with Crippen LogP contribution in [0, 0.1) is 11.3 Å². The van der Waals surface area contributed by atoms with Crippen molar-refractivity contribution in [2.75, 3.05) is 0 Å². The van der Waals surface area contributed by atoms with Gasteiger partial charge in [0.2, 0.25) is 5.91 Å². The molecule has 20 heavy (non-hydrogen) atoms. The zero-order valence-electron chi connectivity index (χ0n) is 10.8. The third-order valence-corrected chi connectivity index (χ3v) is 2.65. The summed E-state index contributed by atoms with van der Waals surface area (Å²) in [6, 6.07) is 18.5. The highest BCUT2D eigenvalue weighted by molar-refractivity contribution is 5.83. The largest absolute Gasteiger partial charge is 0.273 e. The van der Waals surface area contributed by atoms with E-state index in [0.717, 1.165) is 11.1 Å². The Morgan fingerprint density at radius 3 is 2.50 bits per heavy atom. The first-order valence-corrected chi connectivity index (χ1v) is 6.14. The number of nitrogens with one attached hydrogen (secondary N) is 1. The smallest absolute Gasteiger partial charge is 0.244 e. The summed E-state index contributed by atoms with van der Waals surface area (Å²) in [5.41, 5.74) is 4.83. The van der Waals surface area contributed by atoms with Gasteiger partial charge in [-0.15, -0.1) is 0 Å². The van der Waals surface area contributed by atoms with Gasteiger partial charge in [-0.25, -0.2) is 5.43 Å². The molecule has 4 nitrogen and oxygen atoms in total. The molecule has 0 aliphatic carbocycles. The monoisotopic (exact) mass is 263 g/mol. The van der Waals surface area contributed by atoms with Gasteiger partial charge in [0.1, 0.15) is 0 Å². The van der Waals surface area contributed by atoms with Crippen molar-refractivity contribution >= 4 is 12.1 Å². The number of carbonyl (C=O) groups is 1. The van der Waals surface area contributed by atoms with Gasteiger partial charge >= 0.3 is 0 Å². The summed E-state index contributed by atoms with van der Waals surface area (Å²) in [5.74, 6) is -0.166.